The standard InChI is InChI=1S/C10H9O3P/c11-7-3-4-9(12)8(6-7)10-2-1-5-14-13-10/h1-6,11-12,14H. The van der Waals surface area contributed by atoms with Gasteiger partial charge in [0.05, 0.1) is 14.4 Å². The van der Waals surface area contributed by atoms with Crippen molar-refractivity contribution < 1.29 is 14.7 Å². The van der Waals surface area contributed by atoms with Crippen molar-refractivity contribution in [2.75, 3.05) is 0 Å². The van der Waals surface area contributed by atoms with E-state index < -0.39 is 0 Å². The lowest BCUT2D eigenvalue weighted by molar-refractivity contribution is 0.454. The molecule has 0 radical (unpaired) electrons. The highest BCUT2D eigenvalue weighted by Gasteiger charge is 2.10. The zero-order chi connectivity index (χ0) is 9.97. The molecule has 1 heterocycles. The molecule has 2 N–H and O–H groups in total. The van der Waals surface area contributed by atoms with Crippen LogP contribution in [0.3, 0.4) is 0 Å². The van der Waals surface area contributed by atoms with Crippen LogP contribution >= 0.6 is 8.81 Å². The first-order chi connectivity index (χ1) is 6.77. The second-order valence-electron chi connectivity index (χ2n) is 2.81. The monoisotopic (exact) mass is 208 g/mol. The van der Waals surface area contributed by atoms with Crippen molar-refractivity contribution in [1.29, 1.82) is 0 Å². The quantitative estimate of drug-likeness (QED) is 0.550. The third-order valence-electron chi connectivity index (χ3n) is 1.83. The topological polar surface area (TPSA) is 49.7 Å². The maximum atomic E-state index is 9.53. The molecule has 1 aromatic carbocycles. The third-order valence-corrected chi connectivity index (χ3v) is 2.49. The van der Waals surface area contributed by atoms with Crippen molar-refractivity contribution >= 4 is 14.6 Å². The van der Waals surface area contributed by atoms with Crippen molar-refractivity contribution in [2.24, 2.45) is 0 Å². The van der Waals surface area contributed by atoms with Gasteiger partial charge < -0.3 is 14.7 Å². The van der Waals surface area contributed by atoms with Crippen LogP contribution in [0.25, 0.3) is 5.76 Å². The molecule has 0 aliphatic carbocycles. The lowest BCUT2D eigenvalue weighted by Crippen LogP contribution is -1.87. The summed E-state index contributed by atoms with van der Waals surface area (Å²) in [7, 11) is 0.259. The van der Waals surface area contributed by atoms with Crippen molar-refractivity contribution in [3.05, 3.63) is 41.7 Å². The second kappa shape index (κ2) is 3.72. The molecule has 0 bridgehead atoms. The molecule has 4 heteroatoms. The SMILES string of the molecule is Oc1ccc(O)c(C2=CC=CPO2)c1. The van der Waals surface area contributed by atoms with E-state index >= 15 is 0 Å². The molecule has 0 aromatic heterocycles. The first-order valence-corrected chi connectivity index (χ1v) is 5.07. The highest BCUT2D eigenvalue weighted by Crippen LogP contribution is 2.35. The number of phenolic OH excluding ortho intramolecular Hbond substituents is 2. The maximum Gasteiger partial charge on any atom is 0.134 e. The largest absolute Gasteiger partial charge is 0.508 e. The Morgan fingerprint density at radius 2 is 2.07 bits per heavy atom. The van der Waals surface area contributed by atoms with Gasteiger partial charge in [0, 0.05) is 0 Å². The Balaban J connectivity index is 2.44. The van der Waals surface area contributed by atoms with Crippen LogP contribution in [-0.2, 0) is 4.52 Å². The van der Waals surface area contributed by atoms with Gasteiger partial charge in [0.1, 0.15) is 17.3 Å². The summed E-state index contributed by atoms with van der Waals surface area (Å²) < 4.78 is 5.33. The first kappa shape index (κ1) is 9.10. The normalized spacial score (nSPS) is 16.4. The molecule has 72 valence electrons. The fraction of sp³-hybridized carbons (Fsp3) is 0. The van der Waals surface area contributed by atoms with Crippen molar-refractivity contribution in [3.63, 3.8) is 0 Å². The Kier molecular flexibility index (Phi) is 2.42. The molecule has 1 unspecified atom stereocenters. The Bertz CT molecular complexity index is 410. The molecule has 1 aliphatic heterocycles. The minimum Gasteiger partial charge on any atom is -0.508 e. The van der Waals surface area contributed by atoms with E-state index in [1.54, 1.807) is 6.08 Å². The van der Waals surface area contributed by atoms with E-state index in [1.807, 2.05) is 11.9 Å². The molecule has 0 spiro atoms. The summed E-state index contributed by atoms with van der Waals surface area (Å²) in [5, 5.41) is 18.8. The molecule has 0 saturated heterocycles. The van der Waals surface area contributed by atoms with Gasteiger partial charge in [-0.3, -0.25) is 0 Å². The number of hydrogen-bond donors (Lipinski definition) is 2. The van der Waals surface area contributed by atoms with Crippen LogP contribution in [0, 0.1) is 0 Å². The van der Waals surface area contributed by atoms with Gasteiger partial charge in [0.25, 0.3) is 0 Å². The average Bonchev–Trinajstić information content (AvgIpc) is 2.23. The van der Waals surface area contributed by atoms with Gasteiger partial charge in [-0.25, -0.2) is 0 Å². The van der Waals surface area contributed by atoms with Crippen LogP contribution in [0.5, 0.6) is 11.5 Å². The van der Waals surface area contributed by atoms with Gasteiger partial charge in [0.2, 0.25) is 0 Å². The van der Waals surface area contributed by atoms with E-state index in [-0.39, 0.29) is 20.3 Å². The fourth-order valence-corrected chi connectivity index (χ4v) is 1.72. The first-order valence-electron chi connectivity index (χ1n) is 4.09. The number of hydrogen-bond acceptors (Lipinski definition) is 3. The van der Waals surface area contributed by atoms with Crippen LogP contribution in [0.2, 0.25) is 0 Å². The van der Waals surface area contributed by atoms with Gasteiger partial charge in [-0.2, -0.15) is 0 Å². The van der Waals surface area contributed by atoms with Gasteiger partial charge in [0.15, 0.2) is 0 Å². The smallest absolute Gasteiger partial charge is 0.134 e. The highest BCUT2D eigenvalue weighted by molar-refractivity contribution is 7.36. The van der Waals surface area contributed by atoms with Gasteiger partial charge >= 0.3 is 0 Å². The van der Waals surface area contributed by atoms with E-state index in [0.717, 1.165) is 0 Å². The van der Waals surface area contributed by atoms with E-state index in [4.69, 9.17) is 4.52 Å². The van der Waals surface area contributed by atoms with Gasteiger partial charge in [-0.15, -0.1) is 0 Å². The zero-order valence-corrected chi connectivity index (χ0v) is 8.27. The Hall–Kier alpha value is -1.47. The predicted molar refractivity (Wildman–Crippen MR) is 56.3 cm³/mol. The Morgan fingerprint density at radius 3 is 2.79 bits per heavy atom. The fourth-order valence-electron chi connectivity index (χ4n) is 1.17. The lowest BCUT2D eigenvalue weighted by Gasteiger charge is -2.12. The van der Waals surface area contributed by atoms with Gasteiger partial charge in [-0.1, -0.05) is 6.08 Å². The molecule has 0 saturated carbocycles. The minimum atomic E-state index is 0.106. The van der Waals surface area contributed by atoms with Crippen LogP contribution < -0.4 is 0 Å². The predicted octanol–water partition coefficient (Wildman–Crippen LogP) is 2.58. The van der Waals surface area contributed by atoms with Crippen LogP contribution in [0.4, 0.5) is 0 Å². The molecule has 2 rings (SSSR count). The molecule has 1 aromatic rings. The summed E-state index contributed by atoms with van der Waals surface area (Å²) in [6, 6.07) is 4.35. The maximum absolute atomic E-state index is 9.53. The van der Waals surface area contributed by atoms with E-state index in [0.29, 0.717) is 11.3 Å². The van der Waals surface area contributed by atoms with E-state index in [9.17, 15) is 10.2 Å². The minimum absolute atomic E-state index is 0.106. The highest BCUT2D eigenvalue weighted by atomic mass is 31.1. The molecule has 1 atom stereocenters. The van der Waals surface area contributed by atoms with Crippen molar-refractivity contribution in [1.82, 2.24) is 0 Å². The molecule has 3 nitrogen and oxygen atoms in total. The summed E-state index contributed by atoms with van der Waals surface area (Å²) in [6.45, 7) is 0. The average molecular weight is 208 g/mol. The second-order valence-corrected chi connectivity index (χ2v) is 3.58. The summed E-state index contributed by atoms with van der Waals surface area (Å²) >= 11 is 0. The van der Waals surface area contributed by atoms with Crippen LogP contribution in [-0.4, -0.2) is 10.2 Å². The number of rotatable bonds is 1. The molecular weight excluding hydrogens is 199 g/mol. The van der Waals surface area contributed by atoms with Crippen molar-refractivity contribution in [3.8, 4) is 11.5 Å². The zero-order valence-electron chi connectivity index (χ0n) is 7.27. The number of aromatic hydroxyl groups is 2. The summed E-state index contributed by atoms with van der Waals surface area (Å²) in [5.41, 5.74) is 0.516. The Labute approximate surface area is 83.2 Å². The Morgan fingerprint density at radius 1 is 1.21 bits per heavy atom. The number of phenols is 2. The van der Waals surface area contributed by atoms with E-state index in [1.165, 1.54) is 18.2 Å². The molecular formula is C10H9O3P. The van der Waals surface area contributed by atoms with E-state index in [2.05, 4.69) is 0 Å². The van der Waals surface area contributed by atoms with Crippen LogP contribution in [0.1, 0.15) is 5.56 Å². The molecule has 14 heavy (non-hydrogen) atoms. The third kappa shape index (κ3) is 1.73. The molecule has 1 aliphatic rings. The van der Waals surface area contributed by atoms with Crippen molar-refractivity contribution in [2.45, 2.75) is 0 Å². The number of benzene rings is 1. The summed E-state index contributed by atoms with van der Waals surface area (Å²) in [6.07, 6.45) is 3.62. The van der Waals surface area contributed by atoms with Gasteiger partial charge in [-0.05, 0) is 30.1 Å². The number of allylic oxidation sites excluding steroid dienone is 2. The lowest BCUT2D eigenvalue weighted by atomic mass is 10.1. The molecule has 0 fully saturated rings. The summed E-state index contributed by atoms with van der Waals surface area (Å²) in [5.74, 6) is 2.69. The molecule has 0 amide bonds. The summed E-state index contributed by atoms with van der Waals surface area (Å²) in [4.78, 5) is 0. The van der Waals surface area contributed by atoms with Crippen LogP contribution in [0.15, 0.2) is 36.2 Å².